The topological polar surface area (TPSA) is 100 Å². The first kappa shape index (κ1) is 21.1. The second kappa shape index (κ2) is 8.93. The van der Waals surface area contributed by atoms with Crippen LogP contribution in [0.3, 0.4) is 0 Å². The Balaban J connectivity index is 1.36. The number of aryl methyl sites for hydroxylation is 1. The minimum absolute atomic E-state index is 0.0811. The van der Waals surface area contributed by atoms with E-state index in [1.807, 2.05) is 54.6 Å². The molecule has 164 valence electrons. The lowest BCUT2D eigenvalue weighted by molar-refractivity contribution is -0.121. The van der Waals surface area contributed by atoms with Crippen LogP contribution in [0.4, 0.5) is 0 Å². The molecule has 0 spiro atoms. The molecule has 0 aliphatic carbocycles. The number of benzene rings is 2. The lowest BCUT2D eigenvalue weighted by Gasteiger charge is -2.09. The van der Waals surface area contributed by atoms with E-state index in [2.05, 4.69) is 10.3 Å². The van der Waals surface area contributed by atoms with E-state index in [-0.39, 0.29) is 23.6 Å². The highest BCUT2D eigenvalue weighted by atomic mass is 16.5. The number of amides is 1. The van der Waals surface area contributed by atoms with E-state index in [0.29, 0.717) is 13.2 Å². The number of carbonyl (C=O) groups is 1. The van der Waals surface area contributed by atoms with Gasteiger partial charge in [0.2, 0.25) is 5.91 Å². The summed E-state index contributed by atoms with van der Waals surface area (Å²) < 4.78 is 9.50. The van der Waals surface area contributed by atoms with Crippen LogP contribution < -0.4 is 21.3 Å². The molecular formula is C23H23N5O4. The molecule has 9 nitrogen and oxygen atoms in total. The molecule has 0 bridgehead atoms. The van der Waals surface area contributed by atoms with Crippen LogP contribution >= 0.6 is 0 Å². The highest BCUT2D eigenvalue weighted by molar-refractivity contribution is 5.78. The Kier molecular flexibility index (Phi) is 5.89. The van der Waals surface area contributed by atoms with Crippen molar-refractivity contribution in [2.75, 3.05) is 0 Å². The monoisotopic (exact) mass is 433 g/mol. The lowest BCUT2D eigenvalue weighted by Crippen LogP contribution is -2.38. The number of carbonyl (C=O) groups excluding carboxylic acids is 1. The van der Waals surface area contributed by atoms with Crippen molar-refractivity contribution >= 4 is 17.1 Å². The highest BCUT2D eigenvalue weighted by Crippen LogP contribution is 2.14. The first-order valence-corrected chi connectivity index (χ1v) is 10.1. The molecular weight excluding hydrogens is 410 g/mol. The van der Waals surface area contributed by atoms with Gasteiger partial charge in [-0.1, -0.05) is 42.5 Å². The van der Waals surface area contributed by atoms with Gasteiger partial charge in [-0.2, -0.15) is 0 Å². The molecule has 0 radical (unpaired) electrons. The summed E-state index contributed by atoms with van der Waals surface area (Å²) in [6, 6.07) is 17.4. The molecule has 2 aromatic heterocycles. The quantitative estimate of drug-likeness (QED) is 0.474. The normalized spacial score (nSPS) is 10.9. The van der Waals surface area contributed by atoms with Gasteiger partial charge in [0.15, 0.2) is 11.2 Å². The van der Waals surface area contributed by atoms with Gasteiger partial charge in [-0.3, -0.25) is 18.7 Å². The SMILES string of the molecule is Cn1c(=O)c2c(ncn2CC(=O)NCc2ccc(OCc3ccccc3)cc2)n(C)c1=O. The number of rotatable bonds is 7. The van der Waals surface area contributed by atoms with Gasteiger partial charge in [0, 0.05) is 20.6 Å². The summed E-state index contributed by atoms with van der Waals surface area (Å²) in [5, 5.41) is 2.83. The van der Waals surface area contributed by atoms with Crippen LogP contribution in [0.15, 0.2) is 70.5 Å². The molecule has 1 amide bonds. The minimum Gasteiger partial charge on any atom is -0.489 e. The number of hydrogen-bond donors (Lipinski definition) is 1. The van der Waals surface area contributed by atoms with Crippen LogP contribution in [-0.2, 0) is 38.6 Å². The largest absolute Gasteiger partial charge is 0.489 e. The van der Waals surface area contributed by atoms with E-state index < -0.39 is 11.2 Å². The van der Waals surface area contributed by atoms with Crippen LogP contribution in [0.5, 0.6) is 5.75 Å². The molecule has 9 heteroatoms. The molecule has 0 aliphatic rings. The number of fused-ring (bicyclic) bond motifs is 1. The first-order chi connectivity index (χ1) is 15.4. The minimum atomic E-state index is -0.487. The summed E-state index contributed by atoms with van der Waals surface area (Å²) in [5.41, 5.74) is 1.51. The molecule has 1 N–H and O–H groups in total. The molecule has 0 fully saturated rings. The van der Waals surface area contributed by atoms with E-state index in [9.17, 15) is 14.4 Å². The second-order valence-corrected chi connectivity index (χ2v) is 7.45. The molecule has 0 saturated heterocycles. The van der Waals surface area contributed by atoms with E-state index in [1.165, 1.54) is 29.6 Å². The Labute approximate surface area is 183 Å². The molecule has 32 heavy (non-hydrogen) atoms. The Morgan fingerprint density at radius 3 is 2.41 bits per heavy atom. The molecule has 0 unspecified atom stereocenters. The summed E-state index contributed by atoms with van der Waals surface area (Å²) in [4.78, 5) is 41.0. The Bertz CT molecular complexity index is 1370. The number of nitrogens with one attached hydrogen (secondary N) is 1. The van der Waals surface area contributed by atoms with Gasteiger partial charge in [0.25, 0.3) is 5.56 Å². The fourth-order valence-corrected chi connectivity index (χ4v) is 3.37. The number of imidazole rings is 1. The maximum Gasteiger partial charge on any atom is 0.332 e. The van der Waals surface area contributed by atoms with Gasteiger partial charge in [-0.25, -0.2) is 9.78 Å². The van der Waals surface area contributed by atoms with Crippen molar-refractivity contribution in [1.29, 1.82) is 0 Å². The van der Waals surface area contributed by atoms with Gasteiger partial charge in [0.1, 0.15) is 18.9 Å². The average Bonchev–Trinajstić information content (AvgIpc) is 3.23. The third-order valence-corrected chi connectivity index (χ3v) is 5.19. The Morgan fingerprint density at radius 2 is 1.69 bits per heavy atom. The molecule has 4 aromatic rings. The summed E-state index contributed by atoms with van der Waals surface area (Å²) in [6.07, 6.45) is 1.39. The van der Waals surface area contributed by atoms with Gasteiger partial charge in [-0.05, 0) is 23.3 Å². The maximum atomic E-state index is 12.5. The standard InChI is InChI=1S/C23H23N5O4/c1-26-21-20(22(30)27(2)23(26)31)28(15-25-21)13-19(29)24-12-16-8-10-18(11-9-16)32-14-17-6-4-3-5-7-17/h3-11,15H,12-14H2,1-2H3,(H,24,29). The smallest absolute Gasteiger partial charge is 0.332 e. The van der Waals surface area contributed by atoms with Gasteiger partial charge >= 0.3 is 5.69 Å². The fraction of sp³-hybridized carbons (Fsp3) is 0.217. The Morgan fingerprint density at radius 1 is 0.969 bits per heavy atom. The first-order valence-electron chi connectivity index (χ1n) is 10.1. The van der Waals surface area contributed by atoms with Crippen molar-refractivity contribution in [3.8, 4) is 5.75 Å². The summed E-state index contributed by atoms with van der Waals surface area (Å²) in [6.45, 7) is 0.740. The summed E-state index contributed by atoms with van der Waals surface area (Å²) in [7, 11) is 2.93. The zero-order chi connectivity index (χ0) is 22.7. The van der Waals surface area contributed by atoms with Crippen molar-refractivity contribution in [2.45, 2.75) is 19.7 Å². The second-order valence-electron chi connectivity index (χ2n) is 7.45. The van der Waals surface area contributed by atoms with Crippen LogP contribution in [0.2, 0.25) is 0 Å². The van der Waals surface area contributed by atoms with Crippen LogP contribution in [0.1, 0.15) is 11.1 Å². The van der Waals surface area contributed by atoms with Crippen molar-refractivity contribution in [3.05, 3.63) is 92.9 Å². The van der Waals surface area contributed by atoms with E-state index in [1.54, 1.807) is 0 Å². The van der Waals surface area contributed by atoms with Crippen molar-refractivity contribution < 1.29 is 9.53 Å². The molecule has 0 aliphatic heterocycles. The predicted octanol–water partition coefficient (Wildman–Crippen LogP) is 1.33. The summed E-state index contributed by atoms with van der Waals surface area (Å²) in [5.74, 6) is 0.472. The maximum absolute atomic E-state index is 12.5. The van der Waals surface area contributed by atoms with Gasteiger partial charge in [-0.15, -0.1) is 0 Å². The van der Waals surface area contributed by atoms with E-state index in [0.717, 1.165) is 21.4 Å². The average molecular weight is 433 g/mol. The van der Waals surface area contributed by atoms with Crippen LogP contribution in [0.25, 0.3) is 11.2 Å². The number of ether oxygens (including phenoxy) is 1. The van der Waals surface area contributed by atoms with Gasteiger partial charge < -0.3 is 14.6 Å². The predicted molar refractivity (Wildman–Crippen MR) is 119 cm³/mol. The van der Waals surface area contributed by atoms with E-state index >= 15 is 0 Å². The zero-order valence-corrected chi connectivity index (χ0v) is 17.8. The fourth-order valence-electron chi connectivity index (χ4n) is 3.37. The van der Waals surface area contributed by atoms with Crippen molar-refractivity contribution in [3.63, 3.8) is 0 Å². The van der Waals surface area contributed by atoms with Gasteiger partial charge in [0.05, 0.1) is 6.33 Å². The third-order valence-electron chi connectivity index (χ3n) is 5.19. The van der Waals surface area contributed by atoms with Crippen LogP contribution in [-0.4, -0.2) is 24.6 Å². The highest BCUT2D eigenvalue weighted by Gasteiger charge is 2.15. The molecule has 0 saturated carbocycles. The van der Waals surface area contributed by atoms with Crippen molar-refractivity contribution in [2.24, 2.45) is 14.1 Å². The molecule has 2 aromatic carbocycles. The number of hydrogen-bond acceptors (Lipinski definition) is 5. The van der Waals surface area contributed by atoms with Crippen molar-refractivity contribution in [1.82, 2.24) is 24.0 Å². The molecule has 0 atom stereocenters. The lowest BCUT2D eigenvalue weighted by atomic mass is 10.2. The van der Waals surface area contributed by atoms with E-state index in [4.69, 9.17) is 4.74 Å². The zero-order valence-electron chi connectivity index (χ0n) is 17.8. The Hall–Kier alpha value is -4.14. The summed E-state index contributed by atoms with van der Waals surface area (Å²) >= 11 is 0. The number of aromatic nitrogens is 4. The molecule has 2 heterocycles. The third kappa shape index (κ3) is 4.31. The molecule has 4 rings (SSSR count). The number of nitrogens with zero attached hydrogens (tertiary/aromatic N) is 4. The van der Waals surface area contributed by atoms with Crippen LogP contribution in [0, 0.1) is 0 Å².